The van der Waals surface area contributed by atoms with E-state index in [-0.39, 0.29) is 6.04 Å². The van der Waals surface area contributed by atoms with Crippen molar-refractivity contribution in [3.8, 4) is 0 Å². The second kappa shape index (κ2) is 4.04. The van der Waals surface area contributed by atoms with E-state index in [1.54, 1.807) is 0 Å². The van der Waals surface area contributed by atoms with Crippen LogP contribution in [0.3, 0.4) is 0 Å². The van der Waals surface area contributed by atoms with Gasteiger partial charge in [0.1, 0.15) is 0 Å². The van der Waals surface area contributed by atoms with Gasteiger partial charge in [-0.1, -0.05) is 18.2 Å². The summed E-state index contributed by atoms with van der Waals surface area (Å²) >= 11 is 2.25. The summed E-state index contributed by atoms with van der Waals surface area (Å²) in [6, 6.07) is 7.96. The Morgan fingerprint density at radius 1 is 1.45 bits per heavy atom. The Bertz CT molecular complexity index is 239. The van der Waals surface area contributed by atoms with Crippen LogP contribution in [0.25, 0.3) is 0 Å². The summed E-state index contributed by atoms with van der Waals surface area (Å²) in [5, 5.41) is 8.66. The van der Waals surface area contributed by atoms with Gasteiger partial charge in [0.05, 0.1) is 6.04 Å². The van der Waals surface area contributed by atoms with Crippen molar-refractivity contribution >= 4 is 22.6 Å². The average Bonchev–Trinajstić information content (AvgIpc) is 2.04. The lowest BCUT2D eigenvalue weighted by Crippen LogP contribution is -2.14. The summed E-state index contributed by atoms with van der Waals surface area (Å²) in [4.78, 5) is 0. The van der Waals surface area contributed by atoms with E-state index in [0.29, 0.717) is 0 Å². The largest absolute Gasteiger partial charge is 0.316 e. The molecule has 1 aromatic carbocycles. The van der Waals surface area contributed by atoms with Crippen LogP contribution >= 0.6 is 22.6 Å². The molecule has 11 heavy (non-hydrogen) atoms. The molecule has 2 nitrogen and oxygen atoms in total. The van der Waals surface area contributed by atoms with E-state index in [2.05, 4.69) is 28.1 Å². The third kappa shape index (κ3) is 2.15. The minimum Gasteiger partial charge on any atom is -0.316 e. The van der Waals surface area contributed by atoms with Crippen LogP contribution in [0.2, 0.25) is 0 Å². The van der Waals surface area contributed by atoms with Gasteiger partial charge in [-0.15, -0.1) is 0 Å². The van der Waals surface area contributed by atoms with E-state index in [1.807, 2.05) is 31.2 Å². The molecule has 0 aliphatic carbocycles. The molecule has 0 aliphatic heterocycles. The van der Waals surface area contributed by atoms with Crippen molar-refractivity contribution in [1.82, 2.24) is 5.48 Å². The van der Waals surface area contributed by atoms with E-state index in [0.717, 1.165) is 5.56 Å². The first-order valence-corrected chi connectivity index (χ1v) is 4.47. The molecular formula is C8H10INO. The zero-order chi connectivity index (χ0) is 8.27. The highest BCUT2D eigenvalue weighted by atomic mass is 127. The standard InChI is InChI=1S/C8H10INO/c1-6(10-11)7-4-2-3-5-8(7)9/h2-6,10-11H,1H3. The highest BCUT2D eigenvalue weighted by Crippen LogP contribution is 2.18. The van der Waals surface area contributed by atoms with Crippen LogP contribution < -0.4 is 5.48 Å². The Morgan fingerprint density at radius 3 is 2.64 bits per heavy atom. The quantitative estimate of drug-likeness (QED) is 0.634. The topological polar surface area (TPSA) is 32.3 Å². The number of rotatable bonds is 2. The van der Waals surface area contributed by atoms with Gasteiger partial charge in [-0.2, -0.15) is 5.48 Å². The Kier molecular flexibility index (Phi) is 3.29. The summed E-state index contributed by atoms with van der Waals surface area (Å²) < 4.78 is 1.17. The van der Waals surface area contributed by atoms with Crippen LogP contribution in [0, 0.1) is 3.57 Å². The number of benzene rings is 1. The van der Waals surface area contributed by atoms with Crippen molar-refractivity contribution < 1.29 is 5.21 Å². The Balaban J connectivity index is 2.93. The first kappa shape index (κ1) is 8.96. The molecule has 0 saturated heterocycles. The molecule has 0 fully saturated rings. The number of hydroxylamine groups is 1. The van der Waals surface area contributed by atoms with Gasteiger partial charge in [0, 0.05) is 3.57 Å². The molecule has 0 amide bonds. The van der Waals surface area contributed by atoms with E-state index in [4.69, 9.17) is 5.21 Å². The van der Waals surface area contributed by atoms with Crippen LogP contribution in [0.4, 0.5) is 0 Å². The van der Waals surface area contributed by atoms with E-state index in [9.17, 15) is 0 Å². The van der Waals surface area contributed by atoms with Crippen molar-refractivity contribution in [1.29, 1.82) is 0 Å². The highest BCUT2D eigenvalue weighted by molar-refractivity contribution is 14.1. The number of nitrogens with one attached hydrogen (secondary N) is 1. The molecule has 0 aliphatic rings. The van der Waals surface area contributed by atoms with Gasteiger partial charge in [-0.25, -0.2) is 0 Å². The third-order valence-electron chi connectivity index (χ3n) is 1.57. The molecule has 1 rings (SSSR count). The highest BCUT2D eigenvalue weighted by Gasteiger charge is 2.05. The van der Waals surface area contributed by atoms with E-state index >= 15 is 0 Å². The van der Waals surface area contributed by atoms with Crippen LogP contribution in [0.5, 0.6) is 0 Å². The Hall–Kier alpha value is -0.130. The van der Waals surface area contributed by atoms with Gasteiger partial charge in [0.25, 0.3) is 0 Å². The van der Waals surface area contributed by atoms with Crippen molar-refractivity contribution in [3.63, 3.8) is 0 Å². The minimum absolute atomic E-state index is 0.00287. The van der Waals surface area contributed by atoms with Crippen LogP contribution in [0.1, 0.15) is 18.5 Å². The summed E-state index contributed by atoms with van der Waals surface area (Å²) in [6.07, 6.45) is 0. The maximum Gasteiger partial charge on any atom is 0.0551 e. The second-order valence-electron chi connectivity index (χ2n) is 2.37. The van der Waals surface area contributed by atoms with Gasteiger partial charge in [-0.05, 0) is 41.1 Å². The fraction of sp³-hybridized carbons (Fsp3) is 0.250. The molecule has 3 heteroatoms. The average molecular weight is 263 g/mol. The summed E-state index contributed by atoms with van der Waals surface area (Å²) in [5.41, 5.74) is 3.34. The SMILES string of the molecule is CC(NO)c1ccccc1I. The molecule has 60 valence electrons. The minimum atomic E-state index is 0.00287. The predicted octanol–water partition coefficient (Wildman–Crippen LogP) is 2.33. The maximum atomic E-state index is 8.66. The Morgan fingerprint density at radius 2 is 2.09 bits per heavy atom. The lowest BCUT2D eigenvalue weighted by atomic mass is 10.1. The van der Waals surface area contributed by atoms with Crippen LogP contribution in [-0.2, 0) is 0 Å². The molecule has 0 radical (unpaired) electrons. The van der Waals surface area contributed by atoms with Gasteiger partial charge in [-0.3, -0.25) is 0 Å². The predicted molar refractivity (Wildman–Crippen MR) is 52.5 cm³/mol. The zero-order valence-corrected chi connectivity index (χ0v) is 8.37. The lowest BCUT2D eigenvalue weighted by molar-refractivity contribution is 0.133. The molecule has 0 saturated carbocycles. The summed E-state index contributed by atoms with van der Waals surface area (Å²) in [6.45, 7) is 1.91. The third-order valence-corrected chi connectivity index (χ3v) is 2.55. The van der Waals surface area contributed by atoms with Crippen molar-refractivity contribution in [3.05, 3.63) is 33.4 Å². The van der Waals surface area contributed by atoms with Crippen LogP contribution in [0.15, 0.2) is 24.3 Å². The molecule has 2 N–H and O–H groups in total. The number of hydrogen-bond donors (Lipinski definition) is 2. The first-order chi connectivity index (χ1) is 5.25. The molecule has 0 aromatic heterocycles. The number of halogens is 1. The van der Waals surface area contributed by atoms with Gasteiger partial charge >= 0.3 is 0 Å². The molecule has 1 aromatic rings. The smallest absolute Gasteiger partial charge is 0.0551 e. The monoisotopic (exact) mass is 263 g/mol. The maximum absolute atomic E-state index is 8.66. The molecule has 0 spiro atoms. The first-order valence-electron chi connectivity index (χ1n) is 3.39. The fourth-order valence-corrected chi connectivity index (χ4v) is 1.75. The van der Waals surface area contributed by atoms with Crippen molar-refractivity contribution in [2.24, 2.45) is 0 Å². The molecule has 1 unspecified atom stereocenters. The Labute approximate surface area is 79.7 Å². The fourth-order valence-electron chi connectivity index (χ4n) is 0.896. The van der Waals surface area contributed by atoms with E-state index < -0.39 is 0 Å². The molecular weight excluding hydrogens is 253 g/mol. The normalized spacial score (nSPS) is 13.0. The number of hydrogen-bond acceptors (Lipinski definition) is 2. The lowest BCUT2D eigenvalue weighted by Gasteiger charge is -2.10. The zero-order valence-electron chi connectivity index (χ0n) is 6.21. The van der Waals surface area contributed by atoms with Crippen LogP contribution in [-0.4, -0.2) is 5.21 Å². The van der Waals surface area contributed by atoms with Gasteiger partial charge in [0.2, 0.25) is 0 Å². The van der Waals surface area contributed by atoms with Gasteiger partial charge < -0.3 is 5.21 Å². The summed E-state index contributed by atoms with van der Waals surface area (Å²) in [5.74, 6) is 0. The molecule has 1 atom stereocenters. The molecule has 0 heterocycles. The van der Waals surface area contributed by atoms with E-state index in [1.165, 1.54) is 3.57 Å². The van der Waals surface area contributed by atoms with Gasteiger partial charge in [0.15, 0.2) is 0 Å². The summed E-state index contributed by atoms with van der Waals surface area (Å²) in [7, 11) is 0. The van der Waals surface area contributed by atoms with Crippen molar-refractivity contribution in [2.75, 3.05) is 0 Å². The molecule has 0 bridgehead atoms. The van der Waals surface area contributed by atoms with Crippen molar-refractivity contribution in [2.45, 2.75) is 13.0 Å². The second-order valence-corrected chi connectivity index (χ2v) is 3.53.